The molecule has 0 unspecified atom stereocenters. The largest absolute Gasteiger partial charge is 0.396 e. The molecular formula is C15H16N2S2. The third kappa shape index (κ3) is 1.98. The summed E-state index contributed by atoms with van der Waals surface area (Å²) in [7, 11) is 0. The van der Waals surface area contributed by atoms with Crippen LogP contribution in [0.2, 0.25) is 0 Å². The normalized spacial score (nSPS) is 17.5. The lowest BCUT2D eigenvalue weighted by Crippen LogP contribution is -2.15. The zero-order valence-electron chi connectivity index (χ0n) is 10.9. The Balaban J connectivity index is 2.22. The van der Waals surface area contributed by atoms with Gasteiger partial charge >= 0.3 is 0 Å². The SMILES string of the molecule is CC1(c2sc(C#N)c(N)c2-c2cccs2)CCCC1. The summed E-state index contributed by atoms with van der Waals surface area (Å²) in [4.78, 5) is 3.19. The summed E-state index contributed by atoms with van der Waals surface area (Å²) in [5, 5.41) is 11.3. The third-order valence-corrected chi connectivity index (χ3v) is 6.37. The zero-order chi connectivity index (χ0) is 13.5. The molecule has 98 valence electrons. The van der Waals surface area contributed by atoms with Crippen molar-refractivity contribution >= 4 is 28.4 Å². The van der Waals surface area contributed by atoms with Gasteiger partial charge in [0.15, 0.2) is 0 Å². The van der Waals surface area contributed by atoms with Gasteiger partial charge in [0, 0.05) is 20.7 Å². The van der Waals surface area contributed by atoms with Crippen LogP contribution >= 0.6 is 22.7 Å². The van der Waals surface area contributed by atoms with Crippen molar-refractivity contribution in [2.75, 3.05) is 5.73 Å². The number of hydrogen-bond donors (Lipinski definition) is 1. The molecule has 2 aromatic heterocycles. The Morgan fingerprint density at radius 2 is 2.11 bits per heavy atom. The van der Waals surface area contributed by atoms with Gasteiger partial charge in [-0.25, -0.2) is 0 Å². The second-order valence-corrected chi connectivity index (χ2v) is 7.37. The van der Waals surface area contributed by atoms with Crippen LogP contribution in [0.15, 0.2) is 17.5 Å². The van der Waals surface area contributed by atoms with E-state index in [0.29, 0.717) is 10.6 Å². The van der Waals surface area contributed by atoms with Gasteiger partial charge in [0.05, 0.1) is 5.69 Å². The first-order valence-electron chi connectivity index (χ1n) is 6.52. The van der Waals surface area contributed by atoms with Crippen LogP contribution in [-0.4, -0.2) is 0 Å². The lowest BCUT2D eigenvalue weighted by atomic mass is 9.84. The Morgan fingerprint density at radius 1 is 1.37 bits per heavy atom. The molecule has 0 atom stereocenters. The van der Waals surface area contributed by atoms with Gasteiger partial charge in [-0.1, -0.05) is 25.8 Å². The van der Waals surface area contributed by atoms with Gasteiger partial charge in [0.2, 0.25) is 0 Å². The van der Waals surface area contributed by atoms with Crippen molar-refractivity contribution in [2.45, 2.75) is 38.0 Å². The van der Waals surface area contributed by atoms with Gasteiger partial charge in [-0.2, -0.15) is 5.26 Å². The van der Waals surface area contributed by atoms with Crippen LogP contribution in [-0.2, 0) is 5.41 Å². The van der Waals surface area contributed by atoms with Crippen molar-refractivity contribution < 1.29 is 0 Å². The molecule has 19 heavy (non-hydrogen) atoms. The van der Waals surface area contributed by atoms with E-state index in [1.54, 1.807) is 22.7 Å². The van der Waals surface area contributed by atoms with Crippen molar-refractivity contribution in [3.63, 3.8) is 0 Å². The fraction of sp³-hybridized carbons (Fsp3) is 0.400. The predicted molar refractivity (Wildman–Crippen MR) is 82.6 cm³/mol. The van der Waals surface area contributed by atoms with E-state index < -0.39 is 0 Å². The Bertz CT molecular complexity index is 626. The van der Waals surface area contributed by atoms with Gasteiger partial charge in [-0.15, -0.1) is 22.7 Å². The van der Waals surface area contributed by atoms with E-state index in [4.69, 9.17) is 5.73 Å². The number of nitrogen functional groups attached to an aromatic ring is 1. The standard InChI is InChI=1S/C15H16N2S2/c1-15(6-2-3-7-15)14-12(10-5-4-8-18-10)13(17)11(9-16)19-14/h4-5,8H,2-3,6-7,17H2,1H3. The number of nitrogens with two attached hydrogens (primary N) is 1. The summed E-state index contributed by atoms with van der Waals surface area (Å²) in [5.41, 5.74) is 8.23. The molecule has 2 aromatic rings. The van der Waals surface area contributed by atoms with Gasteiger partial charge in [-0.3, -0.25) is 0 Å². The molecule has 0 amide bonds. The zero-order valence-corrected chi connectivity index (χ0v) is 12.5. The van der Waals surface area contributed by atoms with Crippen LogP contribution in [0.1, 0.15) is 42.4 Å². The molecule has 0 aromatic carbocycles. The lowest BCUT2D eigenvalue weighted by Gasteiger charge is -2.23. The molecule has 2 N–H and O–H groups in total. The van der Waals surface area contributed by atoms with Crippen molar-refractivity contribution in [1.29, 1.82) is 5.26 Å². The first-order chi connectivity index (χ1) is 9.15. The number of anilines is 1. The average molecular weight is 288 g/mol. The first-order valence-corrected chi connectivity index (χ1v) is 8.22. The highest BCUT2D eigenvalue weighted by atomic mass is 32.1. The van der Waals surface area contributed by atoms with E-state index in [1.165, 1.54) is 35.4 Å². The van der Waals surface area contributed by atoms with Crippen LogP contribution in [0.25, 0.3) is 10.4 Å². The molecule has 1 aliphatic rings. The highest BCUT2D eigenvalue weighted by molar-refractivity contribution is 7.16. The molecule has 1 fully saturated rings. The van der Waals surface area contributed by atoms with Crippen molar-refractivity contribution in [3.05, 3.63) is 27.3 Å². The Kier molecular flexibility index (Phi) is 3.12. The minimum atomic E-state index is 0.202. The molecule has 2 nitrogen and oxygen atoms in total. The fourth-order valence-corrected chi connectivity index (χ4v) is 5.09. The molecule has 2 heterocycles. The van der Waals surface area contributed by atoms with E-state index in [0.717, 1.165) is 5.56 Å². The number of hydrogen-bond acceptors (Lipinski definition) is 4. The maximum Gasteiger partial charge on any atom is 0.128 e. The Hall–Kier alpha value is -1.31. The topological polar surface area (TPSA) is 49.8 Å². The highest BCUT2D eigenvalue weighted by Gasteiger charge is 2.36. The number of rotatable bonds is 2. The smallest absolute Gasteiger partial charge is 0.128 e. The molecule has 0 bridgehead atoms. The van der Waals surface area contributed by atoms with Crippen molar-refractivity contribution in [1.82, 2.24) is 0 Å². The summed E-state index contributed by atoms with van der Waals surface area (Å²) in [6.07, 6.45) is 4.96. The third-order valence-electron chi connectivity index (χ3n) is 4.07. The number of thiophene rings is 2. The Labute approximate surface area is 121 Å². The van der Waals surface area contributed by atoms with E-state index >= 15 is 0 Å². The minimum Gasteiger partial charge on any atom is -0.396 e. The molecule has 1 aliphatic carbocycles. The van der Waals surface area contributed by atoms with Crippen LogP contribution in [0.4, 0.5) is 5.69 Å². The average Bonchev–Trinajstić information content (AvgIpc) is 3.09. The molecule has 0 aliphatic heterocycles. The van der Waals surface area contributed by atoms with E-state index in [9.17, 15) is 5.26 Å². The summed E-state index contributed by atoms with van der Waals surface area (Å²) in [6.45, 7) is 2.32. The molecule has 1 saturated carbocycles. The van der Waals surface area contributed by atoms with Crippen molar-refractivity contribution in [2.24, 2.45) is 0 Å². The van der Waals surface area contributed by atoms with E-state index in [-0.39, 0.29) is 5.41 Å². The Morgan fingerprint density at radius 3 is 2.68 bits per heavy atom. The van der Waals surface area contributed by atoms with Gasteiger partial charge in [0.1, 0.15) is 10.9 Å². The summed E-state index contributed by atoms with van der Waals surface area (Å²) in [6, 6.07) is 6.41. The summed E-state index contributed by atoms with van der Waals surface area (Å²) < 4.78 is 0. The van der Waals surface area contributed by atoms with Crippen LogP contribution in [0, 0.1) is 11.3 Å². The van der Waals surface area contributed by atoms with Crippen LogP contribution < -0.4 is 5.73 Å². The summed E-state index contributed by atoms with van der Waals surface area (Å²) >= 11 is 3.30. The molecule has 0 spiro atoms. The quantitative estimate of drug-likeness (QED) is 0.866. The molecule has 0 radical (unpaired) electrons. The molecular weight excluding hydrogens is 272 g/mol. The summed E-state index contributed by atoms with van der Waals surface area (Å²) in [5.74, 6) is 0. The molecule has 3 rings (SSSR count). The van der Waals surface area contributed by atoms with Crippen LogP contribution in [0.3, 0.4) is 0 Å². The van der Waals surface area contributed by atoms with E-state index in [2.05, 4.69) is 24.4 Å². The monoisotopic (exact) mass is 288 g/mol. The number of nitrogens with zero attached hydrogens (tertiary/aromatic N) is 1. The molecule has 4 heteroatoms. The predicted octanol–water partition coefficient (Wildman–Crippen LogP) is 4.76. The van der Waals surface area contributed by atoms with Gasteiger partial charge < -0.3 is 5.73 Å². The second-order valence-electron chi connectivity index (χ2n) is 5.41. The maximum atomic E-state index is 9.26. The van der Waals surface area contributed by atoms with Gasteiger partial charge in [0.25, 0.3) is 0 Å². The maximum absolute atomic E-state index is 9.26. The molecule has 0 saturated heterocycles. The first kappa shape index (κ1) is 12.7. The number of nitriles is 1. The fourth-order valence-electron chi connectivity index (χ4n) is 3.00. The van der Waals surface area contributed by atoms with Crippen molar-refractivity contribution in [3.8, 4) is 16.5 Å². The lowest BCUT2D eigenvalue weighted by molar-refractivity contribution is 0.503. The second kappa shape index (κ2) is 4.66. The van der Waals surface area contributed by atoms with Gasteiger partial charge in [-0.05, 0) is 24.3 Å². The highest BCUT2D eigenvalue weighted by Crippen LogP contribution is 2.51. The minimum absolute atomic E-state index is 0.202. The van der Waals surface area contributed by atoms with E-state index in [1.807, 2.05) is 6.07 Å². The van der Waals surface area contributed by atoms with Crippen LogP contribution in [0.5, 0.6) is 0 Å².